The molecule has 14 heavy (non-hydrogen) atoms. The van der Waals surface area contributed by atoms with Crippen molar-refractivity contribution in [3.05, 3.63) is 0 Å². The van der Waals surface area contributed by atoms with Crippen LogP contribution in [0.1, 0.15) is 46.0 Å². The molecule has 1 amide bonds. The van der Waals surface area contributed by atoms with E-state index in [9.17, 15) is 9.59 Å². The zero-order chi connectivity index (χ0) is 10.6. The van der Waals surface area contributed by atoms with Gasteiger partial charge in [0.1, 0.15) is 5.78 Å². The maximum Gasteiger partial charge on any atom is 0.219 e. The van der Waals surface area contributed by atoms with Crippen molar-refractivity contribution in [2.24, 2.45) is 0 Å². The Morgan fingerprint density at radius 2 is 1.93 bits per heavy atom. The first kappa shape index (κ1) is 11.2. The molecule has 0 bridgehead atoms. The van der Waals surface area contributed by atoms with Crippen molar-refractivity contribution >= 4 is 11.7 Å². The van der Waals surface area contributed by atoms with E-state index in [1.165, 1.54) is 6.42 Å². The van der Waals surface area contributed by atoms with E-state index >= 15 is 0 Å². The fourth-order valence-electron chi connectivity index (χ4n) is 2.14. The van der Waals surface area contributed by atoms with E-state index < -0.39 is 0 Å². The highest BCUT2D eigenvalue weighted by molar-refractivity contribution is 5.78. The highest BCUT2D eigenvalue weighted by Crippen LogP contribution is 2.19. The molecule has 1 unspecified atom stereocenters. The quantitative estimate of drug-likeness (QED) is 0.676. The van der Waals surface area contributed by atoms with Crippen molar-refractivity contribution < 1.29 is 9.59 Å². The Labute approximate surface area is 85.5 Å². The smallest absolute Gasteiger partial charge is 0.219 e. The second-order valence-electron chi connectivity index (χ2n) is 4.12. The molecule has 0 spiro atoms. The molecule has 0 N–H and O–H groups in total. The van der Waals surface area contributed by atoms with Gasteiger partial charge in [-0.2, -0.15) is 0 Å². The molecule has 3 nitrogen and oxygen atoms in total. The average Bonchev–Trinajstić information content (AvgIpc) is 2.28. The number of Topliss-reactive ketones (excluding diaryl/α,β-unsaturated/α-hetero) is 1. The first-order valence-corrected chi connectivity index (χ1v) is 5.38. The summed E-state index contributed by atoms with van der Waals surface area (Å²) in [5.41, 5.74) is 0. The van der Waals surface area contributed by atoms with Crippen LogP contribution in [0.4, 0.5) is 0 Å². The van der Waals surface area contributed by atoms with Crippen LogP contribution in [0.25, 0.3) is 0 Å². The number of carbonyl (C=O) groups is 2. The van der Waals surface area contributed by atoms with E-state index in [4.69, 9.17) is 0 Å². The van der Waals surface area contributed by atoms with Gasteiger partial charge in [-0.15, -0.1) is 0 Å². The zero-order valence-corrected chi connectivity index (χ0v) is 9.08. The molecular weight excluding hydrogens is 178 g/mol. The van der Waals surface area contributed by atoms with Gasteiger partial charge in [0, 0.05) is 25.9 Å². The van der Waals surface area contributed by atoms with E-state index in [1.54, 1.807) is 13.8 Å². The number of hydrogen-bond donors (Lipinski definition) is 0. The summed E-state index contributed by atoms with van der Waals surface area (Å²) in [7, 11) is 0. The van der Waals surface area contributed by atoms with Gasteiger partial charge in [0.05, 0.1) is 0 Å². The molecule has 0 aromatic rings. The molecule has 1 saturated heterocycles. The summed E-state index contributed by atoms with van der Waals surface area (Å²) >= 11 is 0. The van der Waals surface area contributed by atoms with Gasteiger partial charge in [-0.3, -0.25) is 9.59 Å². The SMILES string of the molecule is CC(=O)CC1CCCCCN1C(C)=O. The van der Waals surface area contributed by atoms with E-state index in [2.05, 4.69) is 0 Å². The molecule has 1 fully saturated rings. The van der Waals surface area contributed by atoms with Gasteiger partial charge in [-0.05, 0) is 19.8 Å². The minimum Gasteiger partial charge on any atom is -0.340 e. The minimum atomic E-state index is 0.109. The Kier molecular flexibility index (Phi) is 4.11. The normalized spacial score (nSPS) is 23.0. The fraction of sp³-hybridized carbons (Fsp3) is 0.818. The third-order valence-corrected chi connectivity index (χ3v) is 2.80. The van der Waals surface area contributed by atoms with Crippen LogP contribution in [0.2, 0.25) is 0 Å². The number of nitrogens with zero attached hydrogens (tertiary/aromatic N) is 1. The van der Waals surface area contributed by atoms with Gasteiger partial charge >= 0.3 is 0 Å². The molecule has 0 saturated carbocycles. The molecule has 3 heteroatoms. The fourth-order valence-corrected chi connectivity index (χ4v) is 2.14. The second-order valence-corrected chi connectivity index (χ2v) is 4.12. The van der Waals surface area contributed by atoms with Gasteiger partial charge in [-0.25, -0.2) is 0 Å². The first-order valence-electron chi connectivity index (χ1n) is 5.38. The maximum absolute atomic E-state index is 11.4. The van der Waals surface area contributed by atoms with Gasteiger partial charge in [0.15, 0.2) is 0 Å². The molecule has 1 aliphatic heterocycles. The molecule has 1 atom stereocenters. The molecule has 1 rings (SSSR count). The lowest BCUT2D eigenvalue weighted by molar-refractivity contribution is -0.132. The molecule has 80 valence electrons. The summed E-state index contributed by atoms with van der Waals surface area (Å²) in [5, 5.41) is 0. The van der Waals surface area contributed by atoms with Gasteiger partial charge in [-0.1, -0.05) is 12.8 Å². The molecule has 0 aromatic heterocycles. The van der Waals surface area contributed by atoms with E-state index in [0.29, 0.717) is 6.42 Å². The Hall–Kier alpha value is -0.860. The van der Waals surface area contributed by atoms with E-state index in [0.717, 1.165) is 25.8 Å². The second kappa shape index (κ2) is 5.13. The van der Waals surface area contributed by atoms with Crippen molar-refractivity contribution in [2.75, 3.05) is 6.54 Å². The highest BCUT2D eigenvalue weighted by atomic mass is 16.2. The summed E-state index contributed by atoms with van der Waals surface area (Å²) in [4.78, 5) is 24.3. The standard InChI is InChI=1S/C11H19NO2/c1-9(13)8-11-6-4-3-5-7-12(11)10(2)14/h11H,3-8H2,1-2H3. The lowest BCUT2D eigenvalue weighted by Crippen LogP contribution is -2.39. The van der Waals surface area contributed by atoms with Crippen molar-refractivity contribution in [3.8, 4) is 0 Å². The first-order chi connectivity index (χ1) is 6.61. The number of carbonyl (C=O) groups excluding carboxylic acids is 2. The average molecular weight is 197 g/mol. The summed E-state index contributed by atoms with van der Waals surface area (Å²) in [6, 6.07) is 0.160. The summed E-state index contributed by atoms with van der Waals surface area (Å²) in [6.07, 6.45) is 4.91. The number of likely N-dealkylation sites (tertiary alicyclic amines) is 1. The van der Waals surface area contributed by atoms with Crippen molar-refractivity contribution in [1.29, 1.82) is 0 Å². The molecule has 0 radical (unpaired) electrons. The number of amides is 1. The van der Waals surface area contributed by atoms with Crippen LogP contribution < -0.4 is 0 Å². The van der Waals surface area contributed by atoms with Gasteiger partial charge in [0.2, 0.25) is 5.91 Å². The zero-order valence-electron chi connectivity index (χ0n) is 9.08. The topological polar surface area (TPSA) is 37.4 Å². The number of ketones is 1. The summed E-state index contributed by atoms with van der Waals surface area (Å²) < 4.78 is 0. The van der Waals surface area contributed by atoms with E-state index in [-0.39, 0.29) is 17.7 Å². The van der Waals surface area contributed by atoms with Crippen molar-refractivity contribution in [1.82, 2.24) is 4.90 Å². The Bertz CT molecular complexity index is 225. The van der Waals surface area contributed by atoms with Crippen molar-refractivity contribution in [3.63, 3.8) is 0 Å². The Balaban J connectivity index is 2.63. The Morgan fingerprint density at radius 1 is 1.21 bits per heavy atom. The molecule has 0 aromatic carbocycles. The van der Waals surface area contributed by atoms with Crippen LogP contribution in [0, 0.1) is 0 Å². The maximum atomic E-state index is 11.4. The van der Waals surface area contributed by atoms with Crippen LogP contribution in [0.3, 0.4) is 0 Å². The minimum absolute atomic E-state index is 0.109. The van der Waals surface area contributed by atoms with Gasteiger partial charge in [0.25, 0.3) is 0 Å². The molecule has 1 aliphatic rings. The monoisotopic (exact) mass is 197 g/mol. The van der Waals surface area contributed by atoms with Crippen LogP contribution in [-0.4, -0.2) is 29.2 Å². The lowest BCUT2D eigenvalue weighted by Gasteiger charge is -2.28. The lowest BCUT2D eigenvalue weighted by atomic mass is 10.0. The highest BCUT2D eigenvalue weighted by Gasteiger charge is 2.23. The van der Waals surface area contributed by atoms with Crippen LogP contribution in [-0.2, 0) is 9.59 Å². The van der Waals surface area contributed by atoms with Crippen molar-refractivity contribution in [2.45, 2.75) is 52.0 Å². The molecule has 1 heterocycles. The van der Waals surface area contributed by atoms with Crippen LogP contribution in [0.15, 0.2) is 0 Å². The van der Waals surface area contributed by atoms with E-state index in [1.807, 2.05) is 4.90 Å². The third-order valence-electron chi connectivity index (χ3n) is 2.80. The Morgan fingerprint density at radius 3 is 2.50 bits per heavy atom. The van der Waals surface area contributed by atoms with Gasteiger partial charge < -0.3 is 4.90 Å². The third kappa shape index (κ3) is 3.13. The summed E-state index contributed by atoms with van der Waals surface area (Å²) in [6.45, 7) is 4.02. The summed E-state index contributed by atoms with van der Waals surface area (Å²) in [5.74, 6) is 0.293. The van der Waals surface area contributed by atoms with Crippen LogP contribution in [0.5, 0.6) is 0 Å². The molecule has 0 aliphatic carbocycles. The predicted octanol–water partition coefficient (Wildman–Crippen LogP) is 1.76. The largest absolute Gasteiger partial charge is 0.340 e. The number of hydrogen-bond acceptors (Lipinski definition) is 2. The van der Waals surface area contributed by atoms with Crippen LogP contribution >= 0.6 is 0 Å². The number of rotatable bonds is 2. The molecular formula is C11H19NO2. The predicted molar refractivity (Wildman–Crippen MR) is 54.9 cm³/mol.